The van der Waals surface area contributed by atoms with E-state index in [-0.39, 0.29) is 11.9 Å². The summed E-state index contributed by atoms with van der Waals surface area (Å²) in [6.07, 6.45) is 0. The molecule has 3 aromatic carbocycles. The molecule has 5 heteroatoms. The van der Waals surface area contributed by atoms with Crippen LogP contribution in [0.5, 0.6) is 11.5 Å². The minimum atomic E-state index is -0.377. The molecule has 5 nitrogen and oxygen atoms in total. The Kier molecular flexibility index (Phi) is 7.68. The second-order valence-electron chi connectivity index (χ2n) is 7.64. The first-order chi connectivity index (χ1) is 15.0. The van der Waals surface area contributed by atoms with E-state index < -0.39 is 0 Å². The summed E-state index contributed by atoms with van der Waals surface area (Å²) in [5.74, 6) is 1.43. The van der Waals surface area contributed by atoms with E-state index in [4.69, 9.17) is 9.47 Å². The molecular weight excluding hydrogens is 388 g/mol. The number of ether oxygens (including phenoxy) is 2. The standard InChI is InChI=1S/C26H30N2O3/c1-5-31-22-14-12-20(13-15-22)18-28(3)25(21-9-7-6-8-10-21)26(29)27-23-17-19(2)11-16-24(23)30-4/h6-17,25H,5,18H2,1-4H3,(H,27,29)/p+1/t25-/m0/s1. The maximum Gasteiger partial charge on any atom is 0.287 e. The number of nitrogens with one attached hydrogen (secondary N) is 2. The van der Waals surface area contributed by atoms with Crippen molar-refractivity contribution in [3.05, 3.63) is 89.5 Å². The number of rotatable bonds is 9. The molecule has 0 spiro atoms. The van der Waals surface area contributed by atoms with Crippen molar-refractivity contribution in [1.82, 2.24) is 0 Å². The molecule has 1 unspecified atom stereocenters. The Labute approximate surface area is 184 Å². The van der Waals surface area contributed by atoms with Crippen molar-refractivity contribution in [3.8, 4) is 11.5 Å². The van der Waals surface area contributed by atoms with E-state index >= 15 is 0 Å². The molecule has 2 atom stereocenters. The van der Waals surface area contributed by atoms with Gasteiger partial charge in [-0.05, 0) is 55.8 Å². The number of amides is 1. The van der Waals surface area contributed by atoms with Crippen LogP contribution >= 0.6 is 0 Å². The summed E-state index contributed by atoms with van der Waals surface area (Å²) in [5.41, 5.74) is 3.85. The number of quaternary nitrogens is 1. The van der Waals surface area contributed by atoms with Crippen LogP contribution in [0.3, 0.4) is 0 Å². The lowest BCUT2D eigenvalue weighted by molar-refractivity contribution is -0.915. The van der Waals surface area contributed by atoms with Gasteiger partial charge >= 0.3 is 0 Å². The number of anilines is 1. The molecule has 0 saturated carbocycles. The van der Waals surface area contributed by atoms with Gasteiger partial charge in [0.15, 0.2) is 6.04 Å². The van der Waals surface area contributed by atoms with Crippen LogP contribution in [-0.4, -0.2) is 26.7 Å². The molecule has 3 aromatic rings. The third-order valence-electron chi connectivity index (χ3n) is 5.22. The molecule has 0 fully saturated rings. The van der Waals surface area contributed by atoms with Gasteiger partial charge in [0.05, 0.1) is 26.5 Å². The second kappa shape index (κ2) is 10.6. The third kappa shape index (κ3) is 5.86. The molecule has 0 aliphatic rings. The quantitative estimate of drug-likeness (QED) is 0.555. The zero-order chi connectivity index (χ0) is 22.2. The summed E-state index contributed by atoms with van der Waals surface area (Å²) >= 11 is 0. The molecule has 0 radical (unpaired) electrons. The minimum absolute atomic E-state index is 0.0708. The van der Waals surface area contributed by atoms with Gasteiger partial charge in [-0.15, -0.1) is 0 Å². The molecule has 0 heterocycles. The Morgan fingerprint density at radius 2 is 1.74 bits per heavy atom. The van der Waals surface area contributed by atoms with Gasteiger partial charge in [-0.2, -0.15) is 0 Å². The van der Waals surface area contributed by atoms with Gasteiger partial charge in [-0.25, -0.2) is 0 Å². The van der Waals surface area contributed by atoms with Crippen LogP contribution in [-0.2, 0) is 11.3 Å². The lowest BCUT2D eigenvalue weighted by atomic mass is 10.0. The van der Waals surface area contributed by atoms with Crippen LogP contribution in [0.4, 0.5) is 5.69 Å². The highest BCUT2D eigenvalue weighted by molar-refractivity contribution is 5.96. The SMILES string of the molecule is CCOc1ccc(C[NH+](C)[C@H](C(=O)Nc2cc(C)ccc2OC)c2ccccc2)cc1. The van der Waals surface area contributed by atoms with Crippen LogP contribution in [0.15, 0.2) is 72.8 Å². The Hall–Kier alpha value is -3.31. The number of hydrogen-bond acceptors (Lipinski definition) is 3. The molecule has 3 rings (SSSR count). The van der Waals surface area contributed by atoms with Gasteiger partial charge in [0, 0.05) is 11.1 Å². The average Bonchev–Trinajstić information content (AvgIpc) is 2.76. The highest BCUT2D eigenvalue weighted by Gasteiger charge is 2.30. The Morgan fingerprint density at radius 1 is 1.03 bits per heavy atom. The predicted molar refractivity (Wildman–Crippen MR) is 124 cm³/mol. The summed E-state index contributed by atoms with van der Waals surface area (Å²) in [5, 5.41) is 3.09. The first kappa shape index (κ1) is 22.4. The Bertz CT molecular complexity index is 987. The van der Waals surface area contributed by atoms with Crippen LogP contribution in [0.25, 0.3) is 0 Å². The van der Waals surface area contributed by atoms with E-state index in [0.29, 0.717) is 24.6 Å². The fourth-order valence-electron chi connectivity index (χ4n) is 3.72. The topological polar surface area (TPSA) is 52.0 Å². The number of methoxy groups -OCH3 is 1. The van der Waals surface area contributed by atoms with Gasteiger partial charge in [0.1, 0.15) is 18.0 Å². The normalized spacial score (nSPS) is 12.6. The van der Waals surface area contributed by atoms with Crippen molar-refractivity contribution in [3.63, 3.8) is 0 Å². The van der Waals surface area contributed by atoms with Gasteiger partial charge in [-0.1, -0.05) is 36.4 Å². The Morgan fingerprint density at radius 3 is 2.39 bits per heavy atom. The smallest absolute Gasteiger partial charge is 0.287 e. The van der Waals surface area contributed by atoms with Gasteiger partial charge in [-0.3, -0.25) is 4.79 Å². The third-order valence-corrected chi connectivity index (χ3v) is 5.22. The zero-order valence-corrected chi connectivity index (χ0v) is 18.6. The highest BCUT2D eigenvalue weighted by atomic mass is 16.5. The fraction of sp³-hybridized carbons (Fsp3) is 0.269. The van der Waals surface area contributed by atoms with E-state index in [9.17, 15) is 4.79 Å². The molecule has 0 saturated heterocycles. The summed E-state index contributed by atoms with van der Waals surface area (Å²) < 4.78 is 11.0. The molecule has 1 amide bonds. The summed E-state index contributed by atoms with van der Waals surface area (Å²) in [7, 11) is 3.65. The largest absolute Gasteiger partial charge is 0.495 e. The van der Waals surface area contributed by atoms with Gasteiger partial charge in [0.25, 0.3) is 5.91 Å². The van der Waals surface area contributed by atoms with E-state index in [1.807, 2.05) is 81.6 Å². The first-order valence-corrected chi connectivity index (χ1v) is 10.6. The fourth-order valence-corrected chi connectivity index (χ4v) is 3.72. The molecular formula is C26H31N2O3+. The lowest BCUT2D eigenvalue weighted by Crippen LogP contribution is -3.09. The van der Waals surface area contributed by atoms with E-state index in [0.717, 1.165) is 27.3 Å². The van der Waals surface area contributed by atoms with E-state index in [1.54, 1.807) is 7.11 Å². The summed E-state index contributed by atoms with van der Waals surface area (Å²) in [6, 6.07) is 23.3. The monoisotopic (exact) mass is 419 g/mol. The van der Waals surface area contributed by atoms with Crippen LogP contribution < -0.4 is 19.7 Å². The number of likely N-dealkylation sites (N-methyl/N-ethyl adjacent to an activating group) is 1. The number of carbonyl (C=O) groups is 1. The number of benzene rings is 3. The van der Waals surface area contributed by atoms with Crippen LogP contribution in [0, 0.1) is 6.92 Å². The molecule has 0 bridgehead atoms. The first-order valence-electron chi connectivity index (χ1n) is 10.6. The Balaban J connectivity index is 1.84. The van der Waals surface area contributed by atoms with Crippen molar-refractivity contribution >= 4 is 11.6 Å². The minimum Gasteiger partial charge on any atom is -0.495 e. The average molecular weight is 420 g/mol. The number of aryl methyl sites for hydroxylation is 1. The van der Waals surface area contributed by atoms with Crippen molar-refractivity contribution < 1.29 is 19.2 Å². The zero-order valence-electron chi connectivity index (χ0n) is 18.6. The summed E-state index contributed by atoms with van der Waals surface area (Å²) in [4.78, 5) is 14.5. The molecule has 162 valence electrons. The van der Waals surface area contributed by atoms with Crippen molar-refractivity contribution in [2.24, 2.45) is 0 Å². The van der Waals surface area contributed by atoms with E-state index in [1.165, 1.54) is 0 Å². The predicted octanol–water partition coefficient (Wildman–Crippen LogP) is 3.80. The molecule has 0 aromatic heterocycles. The van der Waals surface area contributed by atoms with E-state index in [2.05, 4.69) is 17.4 Å². The second-order valence-corrected chi connectivity index (χ2v) is 7.64. The van der Waals surface area contributed by atoms with Crippen LogP contribution in [0.2, 0.25) is 0 Å². The number of hydrogen-bond donors (Lipinski definition) is 2. The van der Waals surface area contributed by atoms with Crippen molar-refractivity contribution in [2.75, 3.05) is 26.1 Å². The van der Waals surface area contributed by atoms with Crippen molar-refractivity contribution in [2.45, 2.75) is 26.4 Å². The number of carbonyl (C=O) groups excluding carboxylic acids is 1. The van der Waals surface area contributed by atoms with Gasteiger partial charge in [0.2, 0.25) is 0 Å². The van der Waals surface area contributed by atoms with Gasteiger partial charge < -0.3 is 19.7 Å². The molecule has 2 N–H and O–H groups in total. The lowest BCUT2D eigenvalue weighted by Gasteiger charge is -2.25. The maximum atomic E-state index is 13.5. The summed E-state index contributed by atoms with van der Waals surface area (Å²) in [6.45, 7) is 5.30. The molecule has 31 heavy (non-hydrogen) atoms. The molecule has 0 aliphatic carbocycles. The maximum absolute atomic E-state index is 13.5. The van der Waals surface area contributed by atoms with Crippen LogP contribution in [0.1, 0.15) is 29.7 Å². The molecule has 0 aliphatic heterocycles. The highest BCUT2D eigenvalue weighted by Crippen LogP contribution is 2.26. The van der Waals surface area contributed by atoms with Crippen molar-refractivity contribution in [1.29, 1.82) is 0 Å².